The SMILES string of the molecule is [CH2]C[C@H](C)CCC=C(C)C. The molecule has 0 nitrogen and oxygen atoms in total. The summed E-state index contributed by atoms with van der Waals surface area (Å²) < 4.78 is 0. The maximum atomic E-state index is 3.86. The van der Waals surface area contributed by atoms with Crippen LogP contribution in [0.2, 0.25) is 0 Å². The molecule has 1 radical (unpaired) electrons. The molecule has 0 amide bonds. The van der Waals surface area contributed by atoms with E-state index in [9.17, 15) is 0 Å². The van der Waals surface area contributed by atoms with E-state index in [-0.39, 0.29) is 0 Å². The Hall–Kier alpha value is -0.260. The van der Waals surface area contributed by atoms with Gasteiger partial charge in [0.15, 0.2) is 0 Å². The lowest BCUT2D eigenvalue weighted by atomic mass is 10.0. The number of rotatable bonds is 4. The van der Waals surface area contributed by atoms with Crippen molar-refractivity contribution in [2.75, 3.05) is 0 Å². The highest BCUT2D eigenvalue weighted by atomic mass is 14.0. The Bertz CT molecular complexity index is 96.6. The molecule has 0 aromatic carbocycles. The molecule has 10 heavy (non-hydrogen) atoms. The molecule has 0 unspecified atom stereocenters. The van der Waals surface area contributed by atoms with Crippen LogP contribution in [0.15, 0.2) is 11.6 Å². The summed E-state index contributed by atoms with van der Waals surface area (Å²) in [7, 11) is 0. The van der Waals surface area contributed by atoms with Crippen molar-refractivity contribution >= 4 is 0 Å². The predicted molar refractivity (Wildman–Crippen MR) is 47.8 cm³/mol. The van der Waals surface area contributed by atoms with E-state index in [0.717, 1.165) is 12.3 Å². The first kappa shape index (κ1) is 9.74. The van der Waals surface area contributed by atoms with Crippen LogP contribution in [0.4, 0.5) is 0 Å². The van der Waals surface area contributed by atoms with Gasteiger partial charge in [-0.25, -0.2) is 0 Å². The van der Waals surface area contributed by atoms with Crippen molar-refractivity contribution in [2.45, 2.75) is 40.0 Å². The third-order valence-corrected chi connectivity index (χ3v) is 1.70. The van der Waals surface area contributed by atoms with Gasteiger partial charge in [-0.05, 0) is 32.6 Å². The van der Waals surface area contributed by atoms with Gasteiger partial charge < -0.3 is 0 Å². The van der Waals surface area contributed by atoms with Crippen molar-refractivity contribution < 1.29 is 0 Å². The second kappa shape index (κ2) is 5.52. The molecule has 0 aromatic heterocycles. The van der Waals surface area contributed by atoms with Crippen molar-refractivity contribution in [2.24, 2.45) is 5.92 Å². The predicted octanol–water partition coefficient (Wildman–Crippen LogP) is 3.59. The van der Waals surface area contributed by atoms with E-state index < -0.39 is 0 Å². The summed E-state index contributed by atoms with van der Waals surface area (Å²) in [5.41, 5.74) is 1.43. The first-order chi connectivity index (χ1) is 4.66. The summed E-state index contributed by atoms with van der Waals surface area (Å²) in [5.74, 6) is 0.788. The Labute approximate surface area is 65.3 Å². The van der Waals surface area contributed by atoms with Crippen molar-refractivity contribution in [1.29, 1.82) is 0 Å². The molecule has 0 fully saturated rings. The topological polar surface area (TPSA) is 0 Å². The molecule has 0 aromatic rings. The summed E-state index contributed by atoms with van der Waals surface area (Å²) in [6.45, 7) is 10.4. The Balaban J connectivity index is 3.28. The minimum atomic E-state index is 0.788. The molecule has 1 atom stereocenters. The Morgan fingerprint density at radius 2 is 2.10 bits per heavy atom. The first-order valence-electron chi connectivity index (χ1n) is 4.09. The van der Waals surface area contributed by atoms with Gasteiger partial charge in [-0.1, -0.05) is 31.9 Å². The highest BCUT2D eigenvalue weighted by molar-refractivity contribution is 4.92. The molecule has 0 saturated carbocycles. The molecule has 0 bridgehead atoms. The summed E-state index contributed by atoms with van der Waals surface area (Å²) in [6, 6.07) is 0. The van der Waals surface area contributed by atoms with Crippen LogP contribution in [0.5, 0.6) is 0 Å². The van der Waals surface area contributed by atoms with Gasteiger partial charge >= 0.3 is 0 Å². The van der Waals surface area contributed by atoms with Gasteiger partial charge in [0, 0.05) is 0 Å². The van der Waals surface area contributed by atoms with E-state index in [1.54, 1.807) is 0 Å². The monoisotopic (exact) mass is 139 g/mol. The Morgan fingerprint density at radius 1 is 1.50 bits per heavy atom. The van der Waals surface area contributed by atoms with E-state index in [2.05, 4.69) is 33.8 Å². The van der Waals surface area contributed by atoms with Crippen LogP contribution in [0.3, 0.4) is 0 Å². The highest BCUT2D eigenvalue weighted by Crippen LogP contribution is 2.10. The molecule has 0 rings (SSSR count). The largest absolute Gasteiger partial charge is 0.0859 e. The lowest BCUT2D eigenvalue weighted by Crippen LogP contribution is -1.89. The summed E-state index contributed by atoms with van der Waals surface area (Å²) >= 11 is 0. The Kier molecular flexibility index (Phi) is 5.38. The van der Waals surface area contributed by atoms with E-state index >= 15 is 0 Å². The second-order valence-electron chi connectivity index (χ2n) is 3.25. The average Bonchev–Trinajstić information content (AvgIpc) is 1.87. The van der Waals surface area contributed by atoms with Gasteiger partial charge in [0.1, 0.15) is 0 Å². The highest BCUT2D eigenvalue weighted by Gasteiger charge is 1.94. The molecular formula is C10H19. The number of allylic oxidation sites excluding steroid dienone is 2. The maximum absolute atomic E-state index is 3.86. The summed E-state index contributed by atoms with van der Waals surface area (Å²) in [4.78, 5) is 0. The zero-order valence-electron chi connectivity index (χ0n) is 7.48. The van der Waals surface area contributed by atoms with Gasteiger partial charge in [0.2, 0.25) is 0 Å². The molecule has 0 spiro atoms. The number of hydrogen-bond acceptors (Lipinski definition) is 0. The van der Waals surface area contributed by atoms with Gasteiger partial charge in [-0.3, -0.25) is 0 Å². The van der Waals surface area contributed by atoms with Crippen molar-refractivity contribution in [3.63, 3.8) is 0 Å². The van der Waals surface area contributed by atoms with E-state index in [1.807, 2.05) is 0 Å². The van der Waals surface area contributed by atoms with Crippen LogP contribution in [-0.2, 0) is 0 Å². The van der Waals surface area contributed by atoms with Gasteiger partial charge in [-0.2, -0.15) is 0 Å². The third kappa shape index (κ3) is 5.87. The average molecular weight is 139 g/mol. The minimum Gasteiger partial charge on any atom is -0.0859 e. The third-order valence-electron chi connectivity index (χ3n) is 1.70. The lowest BCUT2D eigenvalue weighted by Gasteiger charge is -2.04. The van der Waals surface area contributed by atoms with Crippen LogP contribution in [-0.4, -0.2) is 0 Å². The van der Waals surface area contributed by atoms with Crippen LogP contribution in [0, 0.1) is 12.8 Å². The zero-order valence-corrected chi connectivity index (χ0v) is 7.48. The second-order valence-corrected chi connectivity index (χ2v) is 3.25. The van der Waals surface area contributed by atoms with Crippen molar-refractivity contribution in [3.05, 3.63) is 18.6 Å². The molecule has 0 saturated heterocycles. The van der Waals surface area contributed by atoms with E-state index in [1.165, 1.54) is 18.4 Å². The molecule has 0 heteroatoms. The number of hydrogen-bond donors (Lipinski definition) is 0. The molecule has 0 aliphatic rings. The summed E-state index contributed by atoms with van der Waals surface area (Å²) in [5, 5.41) is 0. The molecular weight excluding hydrogens is 120 g/mol. The molecule has 0 N–H and O–H groups in total. The van der Waals surface area contributed by atoms with Crippen LogP contribution in [0.1, 0.15) is 40.0 Å². The van der Waals surface area contributed by atoms with Crippen LogP contribution in [0.25, 0.3) is 0 Å². The van der Waals surface area contributed by atoms with Gasteiger partial charge in [-0.15, -0.1) is 0 Å². The van der Waals surface area contributed by atoms with Gasteiger partial charge in [0.05, 0.1) is 0 Å². The first-order valence-corrected chi connectivity index (χ1v) is 4.09. The minimum absolute atomic E-state index is 0.788. The fourth-order valence-corrected chi connectivity index (χ4v) is 0.801. The standard InChI is InChI=1S/C10H19/c1-5-10(4)8-6-7-9(2)3/h7,10H,1,5-6,8H2,2-4H3/t10-/m0/s1. The molecule has 0 aliphatic heterocycles. The Morgan fingerprint density at radius 3 is 2.50 bits per heavy atom. The fourth-order valence-electron chi connectivity index (χ4n) is 0.801. The normalized spacial score (nSPS) is 12.8. The zero-order chi connectivity index (χ0) is 7.98. The van der Waals surface area contributed by atoms with E-state index in [4.69, 9.17) is 0 Å². The fraction of sp³-hybridized carbons (Fsp3) is 0.700. The van der Waals surface area contributed by atoms with Crippen LogP contribution >= 0.6 is 0 Å². The maximum Gasteiger partial charge on any atom is -0.0346 e. The van der Waals surface area contributed by atoms with E-state index in [0.29, 0.717) is 0 Å². The van der Waals surface area contributed by atoms with Crippen LogP contribution < -0.4 is 0 Å². The summed E-state index contributed by atoms with van der Waals surface area (Å²) in [6.07, 6.45) is 5.87. The van der Waals surface area contributed by atoms with Gasteiger partial charge in [0.25, 0.3) is 0 Å². The molecule has 0 aliphatic carbocycles. The molecule has 0 heterocycles. The van der Waals surface area contributed by atoms with Crippen molar-refractivity contribution in [1.82, 2.24) is 0 Å². The molecule has 59 valence electrons. The smallest absolute Gasteiger partial charge is 0.0346 e. The lowest BCUT2D eigenvalue weighted by molar-refractivity contribution is 0.544. The quantitative estimate of drug-likeness (QED) is 0.522. The van der Waals surface area contributed by atoms with Crippen molar-refractivity contribution in [3.8, 4) is 0 Å².